The van der Waals surface area contributed by atoms with Crippen LogP contribution in [0, 0.1) is 6.92 Å². The summed E-state index contributed by atoms with van der Waals surface area (Å²) in [5, 5.41) is 14.5. The molecule has 7 heteroatoms. The Morgan fingerprint density at radius 3 is 2.54 bits per heavy atom. The Hall–Kier alpha value is -3.30. The van der Waals surface area contributed by atoms with Gasteiger partial charge in [0.1, 0.15) is 6.04 Å². The van der Waals surface area contributed by atoms with Gasteiger partial charge < -0.3 is 11.8 Å². The second kappa shape index (κ2) is 13.3. The smallest absolute Gasteiger partial charge is 1.00 e. The number of amides is 1. The summed E-state index contributed by atoms with van der Waals surface area (Å²) >= 11 is 1.55. The van der Waals surface area contributed by atoms with Crippen LogP contribution in [0.1, 0.15) is 34.9 Å². The monoisotopic (exact) mass is 504 g/mol. The maximum atomic E-state index is 13.3. The van der Waals surface area contributed by atoms with Crippen molar-refractivity contribution < 1.29 is 35.0 Å². The number of carbonyl (C=O) groups excluding carboxylic acids is 1. The molecule has 5 nitrogen and oxygen atoms in total. The molecule has 0 spiro atoms. The van der Waals surface area contributed by atoms with Gasteiger partial charge >= 0.3 is 24.8 Å². The first-order valence-electron chi connectivity index (χ1n) is 11.7. The number of hydrogen-bond donors (Lipinski definition) is 2. The molecule has 0 radical (unpaired) electrons. The number of aromatic nitrogens is 1. The second-order valence-electron chi connectivity index (χ2n) is 8.55. The van der Waals surface area contributed by atoms with Crippen molar-refractivity contribution in [2.45, 2.75) is 19.4 Å². The molecule has 1 aromatic heterocycles. The van der Waals surface area contributed by atoms with Gasteiger partial charge in [-0.25, -0.2) is 4.79 Å². The number of pyridine rings is 1. The van der Waals surface area contributed by atoms with Crippen LogP contribution in [0.3, 0.4) is 0 Å². The van der Waals surface area contributed by atoms with Crippen LogP contribution < -0.4 is 24.2 Å². The summed E-state index contributed by atoms with van der Waals surface area (Å²) in [5.41, 5.74) is 5.10. The molecule has 184 valence electrons. The molecule has 0 unspecified atom stereocenters. The van der Waals surface area contributed by atoms with Gasteiger partial charge in [0.05, 0.1) is 0 Å². The van der Waals surface area contributed by atoms with Gasteiger partial charge in [0.25, 0.3) is 5.91 Å². The minimum Gasteiger partial charge on any atom is -1.00 e. The maximum Gasteiger partial charge on any atom is 1.00 e. The zero-order chi connectivity index (χ0) is 25.5. The molecule has 3 aromatic carbocycles. The number of thioether (sulfide) groups is 1. The molecule has 4 aromatic rings. The molecule has 0 saturated heterocycles. The molecule has 1 amide bonds. The van der Waals surface area contributed by atoms with Gasteiger partial charge in [-0.1, -0.05) is 66.7 Å². The average molecular weight is 505 g/mol. The predicted octanol–water partition coefficient (Wildman–Crippen LogP) is 3.43. The van der Waals surface area contributed by atoms with Crippen LogP contribution in [0.4, 0.5) is 0 Å². The molecule has 1 atom stereocenters. The summed E-state index contributed by atoms with van der Waals surface area (Å²) in [5.74, 6) is -0.775. The first kappa shape index (κ1) is 28.3. The van der Waals surface area contributed by atoms with Crippen molar-refractivity contribution in [2.24, 2.45) is 0 Å². The van der Waals surface area contributed by atoms with E-state index in [1.807, 2.05) is 92.3 Å². The number of rotatable bonds is 9. The molecule has 0 bridgehead atoms. The summed E-state index contributed by atoms with van der Waals surface area (Å²) in [6, 6.07) is 20.7. The van der Waals surface area contributed by atoms with E-state index in [1.54, 1.807) is 17.8 Å². The van der Waals surface area contributed by atoms with Crippen molar-refractivity contribution in [3.8, 4) is 11.1 Å². The van der Waals surface area contributed by atoms with Crippen molar-refractivity contribution in [2.75, 3.05) is 12.0 Å². The topological polar surface area (TPSA) is 79.3 Å². The Kier molecular flexibility index (Phi) is 10.2. The Morgan fingerprint density at radius 1 is 1.03 bits per heavy atom. The molecular formula is C30H29LiN2O3S. The molecule has 0 aliphatic heterocycles. The van der Waals surface area contributed by atoms with Crippen LogP contribution in [-0.4, -0.2) is 40.0 Å². The molecule has 0 aliphatic carbocycles. The summed E-state index contributed by atoms with van der Waals surface area (Å²) < 4.78 is 0. The van der Waals surface area contributed by atoms with Crippen molar-refractivity contribution in [3.05, 3.63) is 101 Å². The van der Waals surface area contributed by atoms with Crippen LogP contribution in [0.25, 0.3) is 34.1 Å². The standard InChI is InChI=1S/C30H28N2O3S.Li.H/c1-20-7-3-5-9-24(20)27-17-21(11-13-23-19-31-18-22-8-4-6-10-25(22)23)12-14-26(27)29(33)32-28(30(34)35)15-16-36-2;;/h3-14,17-19,28H,15-16H2,1-2H3,(H,32,33)(H,34,35);;/q;+1;-1/t28-;;/m0../s1. The largest absolute Gasteiger partial charge is 1.00 e. The Balaban J connectivity index is 0.00000253. The van der Waals surface area contributed by atoms with E-state index >= 15 is 0 Å². The van der Waals surface area contributed by atoms with Crippen molar-refractivity contribution in [1.29, 1.82) is 0 Å². The van der Waals surface area contributed by atoms with E-state index in [0.717, 1.165) is 38.6 Å². The van der Waals surface area contributed by atoms with Gasteiger partial charge in [0.15, 0.2) is 0 Å². The fraction of sp³-hybridized carbons (Fsp3) is 0.167. The second-order valence-corrected chi connectivity index (χ2v) is 9.53. The number of fused-ring (bicyclic) bond motifs is 1. The molecule has 37 heavy (non-hydrogen) atoms. The van der Waals surface area contributed by atoms with Crippen LogP contribution in [-0.2, 0) is 4.79 Å². The number of carboxylic acid groups (broad SMARTS) is 1. The summed E-state index contributed by atoms with van der Waals surface area (Å²) in [4.78, 5) is 29.3. The number of hydrogen-bond acceptors (Lipinski definition) is 4. The fourth-order valence-corrected chi connectivity index (χ4v) is 4.62. The number of benzene rings is 3. The molecule has 0 fully saturated rings. The summed E-state index contributed by atoms with van der Waals surface area (Å²) in [6.45, 7) is 2.00. The Labute approximate surface area is 235 Å². The average Bonchev–Trinajstić information content (AvgIpc) is 2.89. The Bertz CT molecular complexity index is 1440. The first-order valence-corrected chi connectivity index (χ1v) is 13.1. The number of aryl methyl sites for hydroxylation is 1. The number of nitrogens with zero attached hydrogens (tertiary/aromatic N) is 1. The number of nitrogens with one attached hydrogen (secondary N) is 1. The van der Waals surface area contributed by atoms with Gasteiger partial charge in [-0.15, -0.1) is 0 Å². The van der Waals surface area contributed by atoms with Gasteiger partial charge in [-0.2, -0.15) is 11.8 Å². The molecule has 0 aliphatic rings. The quantitative estimate of drug-likeness (QED) is 0.342. The van der Waals surface area contributed by atoms with Crippen molar-refractivity contribution >= 4 is 46.6 Å². The number of carboxylic acids is 1. The zero-order valence-corrected chi connectivity index (χ0v) is 22.1. The number of carbonyl (C=O) groups is 2. The normalized spacial score (nSPS) is 11.7. The van der Waals surface area contributed by atoms with E-state index in [9.17, 15) is 14.7 Å². The minimum absolute atomic E-state index is 0. The van der Waals surface area contributed by atoms with Crippen LogP contribution in [0.15, 0.2) is 79.1 Å². The van der Waals surface area contributed by atoms with E-state index in [-0.39, 0.29) is 20.3 Å². The van der Waals surface area contributed by atoms with E-state index in [2.05, 4.69) is 16.4 Å². The van der Waals surface area contributed by atoms with E-state index in [4.69, 9.17) is 0 Å². The van der Waals surface area contributed by atoms with Gasteiger partial charge in [0.2, 0.25) is 0 Å². The minimum atomic E-state index is -1.03. The summed E-state index contributed by atoms with van der Waals surface area (Å²) in [6.07, 6.45) is 9.99. The SMILES string of the molecule is CSCC[C@H](NC(=O)c1ccc(C=Cc2cncc3ccccc23)cc1-c1ccccc1C)C(=O)O.[H-].[Li+]. The molecule has 4 rings (SSSR count). The van der Waals surface area contributed by atoms with E-state index in [1.165, 1.54) is 0 Å². The zero-order valence-electron chi connectivity index (χ0n) is 22.3. The fourth-order valence-electron chi connectivity index (χ4n) is 4.15. The van der Waals surface area contributed by atoms with E-state index in [0.29, 0.717) is 17.7 Å². The first-order chi connectivity index (χ1) is 17.5. The van der Waals surface area contributed by atoms with Gasteiger partial charge in [-0.3, -0.25) is 9.78 Å². The van der Waals surface area contributed by atoms with Crippen LogP contribution >= 0.6 is 11.8 Å². The van der Waals surface area contributed by atoms with Crippen LogP contribution in [0.5, 0.6) is 0 Å². The Morgan fingerprint density at radius 2 is 1.78 bits per heavy atom. The molecular weight excluding hydrogens is 475 g/mol. The molecule has 0 saturated carbocycles. The summed E-state index contributed by atoms with van der Waals surface area (Å²) in [7, 11) is 0. The number of aliphatic carboxylic acids is 1. The third-order valence-corrected chi connectivity index (χ3v) is 6.74. The molecule has 1 heterocycles. The van der Waals surface area contributed by atoms with Gasteiger partial charge in [0, 0.05) is 28.9 Å². The molecule has 2 N–H and O–H groups in total. The van der Waals surface area contributed by atoms with Crippen molar-refractivity contribution in [3.63, 3.8) is 0 Å². The third-order valence-electron chi connectivity index (χ3n) is 6.09. The van der Waals surface area contributed by atoms with Gasteiger partial charge in [-0.05, 0) is 65.1 Å². The predicted molar refractivity (Wildman–Crippen MR) is 150 cm³/mol. The van der Waals surface area contributed by atoms with Crippen LogP contribution in [0.2, 0.25) is 0 Å². The maximum absolute atomic E-state index is 13.3. The third kappa shape index (κ3) is 6.93. The van der Waals surface area contributed by atoms with E-state index < -0.39 is 17.9 Å². The van der Waals surface area contributed by atoms with Crippen molar-refractivity contribution in [1.82, 2.24) is 10.3 Å².